The van der Waals surface area contributed by atoms with Crippen LogP contribution in [0.1, 0.15) is 62.9 Å². The van der Waals surface area contributed by atoms with Crippen molar-refractivity contribution in [1.29, 1.82) is 0 Å². The maximum atomic E-state index is 14.0. The number of methoxy groups -OCH3 is 1. The summed E-state index contributed by atoms with van der Waals surface area (Å²) >= 11 is 3.96. The third-order valence-electron chi connectivity index (χ3n) is 6.91. The Labute approximate surface area is 262 Å². The third kappa shape index (κ3) is 6.46. The van der Waals surface area contributed by atoms with Crippen LogP contribution in [0, 0.1) is 20.8 Å². The van der Waals surface area contributed by atoms with Crippen LogP contribution >= 0.6 is 34.4 Å². The maximum absolute atomic E-state index is 14.0. The molecule has 1 atom stereocenters. The van der Waals surface area contributed by atoms with Crippen LogP contribution in [0.15, 0.2) is 58.1 Å². The largest absolute Gasteiger partial charge is 0.503 e. The fourth-order valence-corrected chi connectivity index (χ4v) is 7.40. The molecule has 5 rings (SSSR count). The molecule has 2 aromatic heterocycles. The minimum atomic E-state index is -0.969. The molecule has 12 heteroatoms. The van der Waals surface area contributed by atoms with Crippen molar-refractivity contribution in [3.05, 3.63) is 86.1 Å². The zero-order chi connectivity index (χ0) is 30.7. The highest BCUT2D eigenvalue weighted by atomic mass is 32.2. The number of aliphatic hydroxyl groups is 1. The molecule has 4 aromatic rings. The van der Waals surface area contributed by atoms with Crippen LogP contribution in [0.2, 0.25) is 0 Å². The van der Waals surface area contributed by atoms with Crippen LogP contribution < -0.4 is 14.4 Å². The molecule has 1 amide bonds. The van der Waals surface area contributed by atoms with Gasteiger partial charge in [-0.15, -0.1) is 21.5 Å². The van der Waals surface area contributed by atoms with Crippen LogP contribution in [0.25, 0.3) is 0 Å². The van der Waals surface area contributed by atoms with Crippen LogP contribution in [-0.2, 0) is 10.5 Å². The van der Waals surface area contributed by atoms with Crippen molar-refractivity contribution in [1.82, 2.24) is 15.2 Å². The Hall–Kier alpha value is -3.74. The summed E-state index contributed by atoms with van der Waals surface area (Å²) in [5.41, 5.74) is 3.38. The molecule has 1 aliphatic heterocycles. The minimum absolute atomic E-state index is 0.0393. The van der Waals surface area contributed by atoms with Crippen molar-refractivity contribution in [3.63, 3.8) is 0 Å². The summed E-state index contributed by atoms with van der Waals surface area (Å²) in [4.78, 5) is 33.7. The summed E-state index contributed by atoms with van der Waals surface area (Å²) in [5, 5.41) is 20.8. The molecule has 0 saturated carbocycles. The van der Waals surface area contributed by atoms with Gasteiger partial charge < -0.3 is 14.6 Å². The normalized spacial score (nSPS) is 15.0. The van der Waals surface area contributed by atoms with Crippen molar-refractivity contribution >= 4 is 51.3 Å². The average Bonchev–Trinajstić information content (AvgIpc) is 3.68. The molecule has 1 unspecified atom stereocenters. The Bertz CT molecular complexity index is 1680. The van der Waals surface area contributed by atoms with Crippen molar-refractivity contribution in [2.24, 2.45) is 0 Å². The molecule has 2 aromatic carbocycles. The second-order valence-corrected chi connectivity index (χ2v) is 13.4. The summed E-state index contributed by atoms with van der Waals surface area (Å²) in [6.45, 7) is 8.21. The van der Waals surface area contributed by atoms with E-state index in [1.807, 2.05) is 13.8 Å². The molecular formula is C31H32N4O5S3. The molecule has 0 fully saturated rings. The molecule has 0 radical (unpaired) electrons. The highest BCUT2D eigenvalue weighted by Gasteiger charge is 2.47. The summed E-state index contributed by atoms with van der Waals surface area (Å²) in [6.07, 6.45) is 1.87. The highest BCUT2D eigenvalue weighted by molar-refractivity contribution is 8.00. The predicted molar refractivity (Wildman–Crippen MR) is 170 cm³/mol. The van der Waals surface area contributed by atoms with E-state index in [0.29, 0.717) is 49.3 Å². The van der Waals surface area contributed by atoms with Crippen LogP contribution in [-0.4, -0.2) is 45.7 Å². The second kappa shape index (κ2) is 13.3. The summed E-state index contributed by atoms with van der Waals surface area (Å²) < 4.78 is 12.2. The number of thiazole rings is 1. The highest BCUT2D eigenvalue weighted by Crippen LogP contribution is 2.46. The number of aryl methyl sites for hydroxylation is 3. The Balaban J connectivity index is 1.52. The van der Waals surface area contributed by atoms with Crippen molar-refractivity contribution in [3.8, 4) is 11.5 Å². The molecule has 43 heavy (non-hydrogen) atoms. The summed E-state index contributed by atoms with van der Waals surface area (Å²) in [5.74, 6) is -0.109. The Morgan fingerprint density at radius 1 is 1.07 bits per heavy atom. The Kier molecular flexibility index (Phi) is 9.48. The maximum Gasteiger partial charge on any atom is 0.296 e. The molecule has 1 aliphatic rings. The van der Waals surface area contributed by atoms with Gasteiger partial charge in [-0.3, -0.25) is 14.5 Å². The van der Waals surface area contributed by atoms with Gasteiger partial charge in [-0.25, -0.2) is 4.98 Å². The number of ether oxygens (including phenoxy) is 2. The van der Waals surface area contributed by atoms with Crippen molar-refractivity contribution in [2.75, 3.05) is 18.6 Å². The first-order valence-corrected chi connectivity index (χ1v) is 16.4. The smallest absolute Gasteiger partial charge is 0.296 e. The van der Waals surface area contributed by atoms with E-state index in [-0.39, 0.29) is 10.7 Å². The monoisotopic (exact) mass is 636 g/mol. The van der Waals surface area contributed by atoms with E-state index >= 15 is 0 Å². The number of thioether (sulfide) groups is 1. The molecule has 224 valence electrons. The summed E-state index contributed by atoms with van der Waals surface area (Å²) in [6, 6.07) is 12.5. The topological polar surface area (TPSA) is 115 Å². The number of nitrogens with zero attached hydrogens (tertiary/aromatic N) is 4. The average molecular weight is 637 g/mol. The van der Waals surface area contributed by atoms with Crippen molar-refractivity contribution in [2.45, 2.75) is 56.7 Å². The fraction of sp³-hybridized carbons (Fsp3) is 0.323. The quantitative estimate of drug-likeness (QED) is 0.0747. The van der Waals surface area contributed by atoms with E-state index < -0.39 is 23.5 Å². The molecule has 3 heterocycles. The number of aromatic nitrogens is 3. The van der Waals surface area contributed by atoms with Crippen LogP contribution in [0.3, 0.4) is 0 Å². The summed E-state index contributed by atoms with van der Waals surface area (Å²) in [7, 11) is 1.54. The fourth-order valence-electron chi connectivity index (χ4n) is 4.70. The number of carbonyl (C=O) groups is 2. The molecule has 9 nitrogen and oxygen atoms in total. The van der Waals surface area contributed by atoms with E-state index in [1.54, 1.807) is 25.1 Å². The van der Waals surface area contributed by atoms with E-state index in [2.05, 4.69) is 46.4 Å². The molecule has 1 N–H and O–H groups in total. The number of unbranched alkanes of at least 4 members (excludes halogenated alkanes) is 1. The predicted octanol–water partition coefficient (Wildman–Crippen LogP) is 7.18. The van der Waals surface area contributed by atoms with Gasteiger partial charge in [0.05, 0.1) is 40.9 Å². The van der Waals surface area contributed by atoms with Gasteiger partial charge in [0.1, 0.15) is 0 Å². The number of hydrogen-bond acceptors (Lipinski definition) is 11. The van der Waals surface area contributed by atoms with Gasteiger partial charge in [-0.1, -0.05) is 72.3 Å². The molecule has 0 aliphatic carbocycles. The first-order valence-electron chi connectivity index (χ1n) is 13.8. The van der Waals surface area contributed by atoms with E-state index in [4.69, 9.17) is 9.47 Å². The Morgan fingerprint density at radius 2 is 1.84 bits per heavy atom. The van der Waals surface area contributed by atoms with Gasteiger partial charge in [0, 0.05) is 5.75 Å². The molecule has 0 bridgehead atoms. The molecular weight excluding hydrogens is 605 g/mol. The van der Waals surface area contributed by atoms with Crippen LogP contribution in [0.4, 0.5) is 5.13 Å². The number of ketones is 1. The second-order valence-electron chi connectivity index (χ2n) is 10.1. The minimum Gasteiger partial charge on any atom is -0.503 e. The van der Waals surface area contributed by atoms with Gasteiger partial charge >= 0.3 is 0 Å². The number of aliphatic hydroxyl groups excluding tert-OH is 1. The number of carbonyl (C=O) groups excluding carboxylic acids is 2. The number of benzene rings is 2. The van der Waals surface area contributed by atoms with Gasteiger partial charge in [-0.05, 0) is 50.5 Å². The lowest BCUT2D eigenvalue weighted by Crippen LogP contribution is -2.31. The SMILES string of the molecule is CCCCOc1ccc(C2C(C(=O)c3sc(C)nc3C)=C(O)C(=O)N2c2nnc(SCc3ccc(C)cc3)s2)cc1OC. The van der Waals surface area contributed by atoms with Gasteiger partial charge in [0.25, 0.3) is 5.91 Å². The van der Waals surface area contributed by atoms with Gasteiger partial charge in [0.2, 0.25) is 10.9 Å². The third-order valence-corrected chi connectivity index (χ3v) is 10.1. The van der Waals surface area contributed by atoms with Crippen molar-refractivity contribution < 1.29 is 24.2 Å². The number of rotatable bonds is 12. The van der Waals surface area contributed by atoms with Crippen LogP contribution in [0.5, 0.6) is 11.5 Å². The Morgan fingerprint density at radius 3 is 2.51 bits per heavy atom. The first kappa shape index (κ1) is 30.7. The number of hydrogen-bond donors (Lipinski definition) is 1. The van der Waals surface area contributed by atoms with E-state index in [9.17, 15) is 14.7 Å². The number of anilines is 1. The van der Waals surface area contributed by atoms with Gasteiger partial charge in [-0.2, -0.15) is 0 Å². The first-order chi connectivity index (χ1) is 20.7. The zero-order valence-electron chi connectivity index (χ0n) is 24.5. The zero-order valence-corrected chi connectivity index (χ0v) is 27.0. The lowest BCUT2D eigenvalue weighted by molar-refractivity contribution is -0.117. The van der Waals surface area contributed by atoms with Gasteiger partial charge in [0.15, 0.2) is 21.6 Å². The lowest BCUT2D eigenvalue weighted by atomic mass is 9.95. The standard InChI is InChI=1S/C31H32N4O5S3/c1-6-7-14-40-22-13-12-21(15-23(22)39-5)25-24(26(36)28-18(3)32-19(4)42-28)27(37)29(38)35(25)30-33-34-31(43-30)41-16-20-10-8-17(2)9-11-20/h8-13,15,25,37H,6-7,14,16H2,1-5H3. The lowest BCUT2D eigenvalue weighted by Gasteiger charge is -2.24. The van der Waals surface area contributed by atoms with E-state index in [1.165, 1.54) is 52.0 Å². The number of Topliss-reactive ketones (excluding diaryl/α,β-unsaturated/α-hetero) is 1. The molecule has 0 saturated heterocycles. The number of amides is 1. The van der Waals surface area contributed by atoms with E-state index in [0.717, 1.165) is 18.4 Å². The molecule has 0 spiro atoms.